The van der Waals surface area contributed by atoms with Crippen molar-refractivity contribution in [3.63, 3.8) is 0 Å². The van der Waals surface area contributed by atoms with Crippen LogP contribution in [0.25, 0.3) is 0 Å². The van der Waals surface area contributed by atoms with Crippen molar-refractivity contribution in [2.24, 2.45) is 5.73 Å². The zero-order valence-electron chi connectivity index (χ0n) is 11.1. The van der Waals surface area contributed by atoms with E-state index in [1.54, 1.807) is 19.1 Å². The Labute approximate surface area is 125 Å². The number of alkyl halides is 3. The number of benzene rings is 2. The topological polar surface area (TPSA) is 35.2 Å². The highest BCUT2D eigenvalue weighted by atomic mass is 35.5. The number of nitrogens with two attached hydrogens (primary N) is 1. The summed E-state index contributed by atoms with van der Waals surface area (Å²) in [6.45, 7) is 1.78. The number of hydrogen-bond acceptors (Lipinski definition) is 2. The highest BCUT2D eigenvalue weighted by Crippen LogP contribution is 2.39. The Balaban J connectivity index is 2.35. The lowest BCUT2D eigenvalue weighted by molar-refractivity contribution is -0.138. The molecule has 1 atom stereocenters. The summed E-state index contributed by atoms with van der Waals surface area (Å²) in [4.78, 5) is 0. The van der Waals surface area contributed by atoms with Gasteiger partial charge in [0, 0.05) is 6.04 Å². The number of halogens is 4. The first-order chi connectivity index (χ1) is 9.79. The minimum atomic E-state index is -4.49. The van der Waals surface area contributed by atoms with E-state index < -0.39 is 11.7 Å². The van der Waals surface area contributed by atoms with Crippen LogP contribution in [0.1, 0.15) is 24.1 Å². The predicted octanol–water partition coefficient (Wildman–Crippen LogP) is 5.17. The van der Waals surface area contributed by atoms with Crippen LogP contribution in [0.15, 0.2) is 42.5 Å². The van der Waals surface area contributed by atoms with E-state index in [0.29, 0.717) is 0 Å². The molecule has 0 saturated carbocycles. The van der Waals surface area contributed by atoms with Crippen LogP contribution in [0, 0.1) is 0 Å². The number of ether oxygens (including phenoxy) is 1. The van der Waals surface area contributed by atoms with Gasteiger partial charge in [-0.15, -0.1) is 0 Å². The number of hydrogen-bond donors (Lipinski definition) is 1. The quantitative estimate of drug-likeness (QED) is 0.848. The maximum Gasteiger partial charge on any atom is 0.419 e. The van der Waals surface area contributed by atoms with Gasteiger partial charge in [0.25, 0.3) is 0 Å². The molecular weight excluding hydrogens is 303 g/mol. The highest BCUT2D eigenvalue weighted by Gasteiger charge is 2.34. The van der Waals surface area contributed by atoms with Gasteiger partial charge >= 0.3 is 6.18 Å². The van der Waals surface area contributed by atoms with Crippen LogP contribution in [0.3, 0.4) is 0 Å². The van der Waals surface area contributed by atoms with E-state index in [-0.39, 0.29) is 22.6 Å². The van der Waals surface area contributed by atoms with E-state index in [0.717, 1.165) is 11.6 Å². The molecule has 0 fully saturated rings. The minimum absolute atomic E-state index is 0.151. The Kier molecular flexibility index (Phi) is 4.44. The summed E-state index contributed by atoms with van der Waals surface area (Å²) < 4.78 is 44.0. The van der Waals surface area contributed by atoms with Crippen molar-refractivity contribution < 1.29 is 17.9 Å². The monoisotopic (exact) mass is 315 g/mol. The lowest BCUT2D eigenvalue weighted by Crippen LogP contribution is -2.07. The molecule has 2 nitrogen and oxygen atoms in total. The van der Waals surface area contributed by atoms with Gasteiger partial charge in [-0.1, -0.05) is 29.8 Å². The van der Waals surface area contributed by atoms with Crippen LogP contribution >= 0.6 is 11.6 Å². The second-order valence-electron chi connectivity index (χ2n) is 4.57. The average Bonchev–Trinajstić information content (AvgIpc) is 2.40. The molecule has 0 amide bonds. The van der Waals surface area contributed by atoms with E-state index in [9.17, 15) is 13.2 Å². The molecule has 0 heterocycles. The lowest BCUT2D eigenvalue weighted by atomic mass is 10.1. The molecule has 0 bridgehead atoms. The van der Waals surface area contributed by atoms with Gasteiger partial charge in [-0.05, 0) is 36.8 Å². The molecule has 0 saturated heterocycles. The van der Waals surface area contributed by atoms with Gasteiger partial charge in [0.2, 0.25) is 0 Å². The first-order valence-electron chi connectivity index (χ1n) is 6.18. The van der Waals surface area contributed by atoms with E-state index in [1.807, 2.05) is 0 Å². The molecule has 2 aromatic rings. The van der Waals surface area contributed by atoms with Crippen molar-refractivity contribution in [1.82, 2.24) is 0 Å². The summed E-state index contributed by atoms with van der Waals surface area (Å²) >= 11 is 6.03. The van der Waals surface area contributed by atoms with Crippen LogP contribution in [0.2, 0.25) is 5.02 Å². The fraction of sp³-hybridized carbons (Fsp3) is 0.200. The van der Waals surface area contributed by atoms with E-state index in [2.05, 4.69) is 0 Å². The van der Waals surface area contributed by atoms with Crippen molar-refractivity contribution in [3.8, 4) is 11.5 Å². The SMILES string of the molecule is C[C@H](N)c1ccc(Oc2ccccc2C(F)(F)F)c(Cl)c1. The van der Waals surface area contributed by atoms with Crippen molar-refractivity contribution in [1.29, 1.82) is 0 Å². The van der Waals surface area contributed by atoms with Gasteiger partial charge in [0.1, 0.15) is 11.5 Å². The van der Waals surface area contributed by atoms with Gasteiger partial charge < -0.3 is 10.5 Å². The second-order valence-corrected chi connectivity index (χ2v) is 4.98. The molecule has 6 heteroatoms. The summed E-state index contributed by atoms with van der Waals surface area (Å²) in [5.41, 5.74) is 5.64. The molecule has 0 spiro atoms. The molecular formula is C15H13ClF3NO. The first-order valence-corrected chi connectivity index (χ1v) is 6.56. The standard InChI is InChI=1S/C15H13ClF3NO/c1-9(20)10-6-7-14(12(16)8-10)21-13-5-3-2-4-11(13)15(17,18)19/h2-9H,20H2,1H3/t9-/m0/s1. The zero-order valence-corrected chi connectivity index (χ0v) is 11.9. The fourth-order valence-electron chi connectivity index (χ4n) is 1.79. The van der Waals surface area contributed by atoms with Gasteiger partial charge in [0.05, 0.1) is 10.6 Å². The minimum Gasteiger partial charge on any atom is -0.455 e. The van der Waals surface area contributed by atoms with E-state index >= 15 is 0 Å². The Bertz CT molecular complexity index is 641. The molecule has 0 aromatic heterocycles. The zero-order chi connectivity index (χ0) is 15.6. The average molecular weight is 316 g/mol. The number of para-hydroxylation sites is 1. The van der Waals surface area contributed by atoms with Crippen molar-refractivity contribution >= 4 is 11.6 Å². The van der Waals surface area contributed by atoms with Gasteiger partial charge in [-0.2, -0.15) is 13.2 Å². The van der Waals surface area contributed by atoms with E-state index in [4.69, 9.17) is 22.1 Å². The molecule has 2 rings (SSSR count). The van der Waals surface area contributed by atoms with Crippen molar-refractivity contribution in [3.05, 3.63) is 58.6 Å². The lowest BCUT2D eigenvalue weighted by Gasteiger charge is -2.15. The molecule has 0 radical (unpaired) electrons. The first kappa shape index (κ1) is 15.7. The molecule has 0 aliphatic rings. The largest absolute Gasteiger partial charge is 0.455 e. The molecule has 0 aliphatic heterocycles. The summed E-state index contributed by atoms with van der Waals surface area (Å²) in [5.74, 6) is -0.141. The normalized spacial score (nSPS) is 13.0. The number of rotatable bonds is 3. The van der Waals surface area contributed by atoms with E-state index in [1.165, 1.54) is 24.3 Å². The fourth-order valence-corrected chi connectivity index (χ4v) is 2.02. The molecule has 21 heavy (non-hydrogen) atoms. The van der Waals surface area contributed by atoms with Crippen LogP contribution in [0.5, 0.6) is 11.5 Å². The third-order valence-electron chi connectivity index (χ3n) is 2.89. The third kappa shape index (κ3) is 3.68. The Morgan fingerprint density at radius 1 is 1.10 bits per heavy atom. The smallest absolute Gasteiger partial charge is 0.419 e. The highest BCUT2D eigenvalue weighted by molar-refractivity contribution is 6.32. The summed E-state index contributed by atoms with van der Waals surface area (Å²) in [7, 11) is 0. The second kappa shape index (κ2) is 5.95. The van der Waals surface area contributed by atoms with Crippen LogP contribution < -0.4 is 10.5 Å². The summed E-state index contributed by atoms with van der Waals surface area (Å²) in [6.07, 6.45) is -4.49. The Morgan fingerprint density at radius 3 is 2.33 bits per heavy atom. The predicted molar refractivity (Wildman–Crippen MR) is 75.6 cm³/mol. The van der Waals surface area contributed by atoms with Gasteiger partial charge in [-0.3, -0.25) is 0 Å². The summed E-state index contributed by atoms with van der Waals surface area (Å²) in [6, 6.07) is 9.51. The van der Waals surface area contributed by atoms with Gasteiger partial charge in [0.15, 0.2) is 0 Å². The van der Waals surface area contributed by atoms with Crippen molar-refractivity contribution in [2.45, 2.75) is 19.1 Å². The molecule has 2 aromatic carbocycles. The Hall–Kier alpha value is -1.72. The van der Waals surface area contributed by atoms with Crippen LogP contribution in [-0.2, 0) is 6.18 Å². The maximum absolute atomic E-state index is 12.9. The molecule has 2 N–H and O–H groups in total. The van der Waals surface area contributed by atoms with Crippen molar-refractivity contribution in [2.75, 3.05) is 0 Å². The Morgan fingerprint density at radius 2 is 1.76 bits per heavy atom. The molecule has 0 aliphatic carbocycles. The van der Waals surface area contributed by atoms with Gasteiger partial charge in [-0.25, -0.2) is 0 Å². The third-order valence-corrected chi connectivity index (χ3v) is 3.19. The maximum atomic E-state index is 12.9. The van der Waals surface area contributed by atoms with Crippen LogP contribution in [0.4, 0.5) is 13.2 Å². The molecule has 112 valence electrons. The molecule has 0 unspecified atom stereocenters. The van der Waals surface area contributed by atoms with Crippen LogP contribution in [-0.4, -0.2) is 0 Å². The summed E-state index contributed by atoms with van der Waals surface area (Å²) in [5, 5.41) is 0.210.